The summed E-state index contributed by atoms with van der Waals surface area (Å²) < 4.78 is 0. The van der Waals surface area contributed by atoms with Gasteiger partial charge in [-0.15, -0.1) is 0 Å². The maximum Gasteiger partial charge on any atom is 0.277 e. The molecule has 0 atom stereocenters. The summed E-state index contributed by atoms with van der Waals surface area (Å²) in [6.07, 6.45) is 2.98. The van der Waals surface area contributed by atoms with Gasteiger partial charge >= 0.3 is 0 Å². The highest BCUT2D eigenvalue weighted by Crippen LogP contribution is 2.24. The molecule has 25 heavy (non-hydrogen) atoms. The van der Waals surface area contributed by atoms with Crippen molar-refractivity contribution in [1.29, 1.82) is 0 Å². The van der Waals surface area contributed by atoms with E-state index in [0.29, 0.717) is 11.5 Å². The highest BCUT2D eigenvalue weighted by atomic mass is 16.2. The molecule has 1 fully saturated rings. The number of hydrogen-bond donors (Lipinski definition) is 2. The van der Waals surface area contributed by atoms with Gasteiger partial charge in [-0.1, -0.05) is 6.07 Å². The topological polar surface area (TPSA) is 77.1 Å². The first-order chi connectivity index (χ1) is 12.1. The fraction of sp³-hybridized carbons (Fsp3) is 0.500. The molecule has 0 aromatic carbocycles. The molecule has 2 aliphatic rings. The summed E-state index contributed by atoms with van der Waals surface area (Å²) in [5.41, 5.74) is 3.79. The minimum Gasteiger partial charge on any atom is -0.354 e. The van der Waals surface area contributed by atoms with Crippen LogP contribution in [0.5, 0.6) is 0 Å². The maximum atomic E-state index is 12.6. The zero-order valence-electron chi connectivity index (χ0n) is 14.8. The van der Waals surface area contributed by atoms with Gasteiger partial charge in [-0.05, 0) is 44.9 Å². The smallest absolute Gasteiger partial charge is 0.277 e. The highest BCUT2D eigenvalue weighted by molar-refractivity contribution is 6.03. The lowest BCUT2D eigenvalue weighted by molar-refractivity contribution is 0.102. The summed E-state index contributed by atoms with van der Waals surface area (Å²) in [4.78, 5) is 21.9. The first-order valence-corrected chi connectivity index (χ1v) is 8.90. The molecule has 2 N–H and O–H groups in total. The van der Waals surface area contributed by atoms with Crippen molar-refractivity contribution >= 4 is 17.5 Å². The zero-order valence-corrected chi connectivity index (χ0v) is 14.8. The summed E-state index contributed by atoms with van der Waals surface area (Å²) in [6, 6.07) is 3.88. The molecule has 0 radical (unpaired) electrons. The van der Waals surface area contributed by atoms with E-state index < -0.39 is 0 Å². The van der Waals surface area contributed by atoms with E-state index in [9.17, 15) is 4.79 Å². The summed E-state index contributed by atoms with van der Waals surface area (Å²) in [6.45, 7) is 6.02. The van der Waals surface area contributed by atoms with E-state index in [2.05, 4.69) is 39.3 Å². The number of nitrogens with one attached hydrogen (secondary N) is 2. The summed E-state index contributed by atoms with van der Waals surface area (Å²) in [7, 11) is 2.14. The van der Waals surface area contributed by atoms with Crippen LogP contribution in [0.3, 0.4) is 0 Å². The quantitative estimate of drug-likeness (QED) is 0.888. The Balaban J connectivity index is 1.52. The molecule has 1 saturated heterocycles. The van der Waals surface area contributed by atoms with Gasteiger partial charge in [0.25, 0.3) is 5.91 Å². The molecule has 2 aromatic rings. The third-order valence-electron chi connectivity index (χ3n) is 5.14. The average molecular weight is 340 g/mol. The lowest BCUT2D eigenvalue weighted by Gasteiger charge is -2.34. The number of likely N-dealkylation sites (N-methyl/N-ethyl adjacent to an activating group) is 1. The molecule has 7 nitrogen and oxygen atoms in total. The number of H-pyrrole nitrogens is 1. The molecule has 0 unspecified atom stereocenters. The van der Waals surface area contributed by atoms with Crippen molar-refractivity contribution in [3.05, 3.63) is 34.6 Å². The summed E-state index contributed by atoms with van der Waals surface area (Å²) in [5, 5.41) is 10.1. The molecule has 3 heterocycles. The Morgan fingerprint density at radius 2 is 2.00 bits per heavy atom. The van der Waals surface area contributed by atoms with Crippen molar-refractivity contribution in [2.45, 2.75) is 26.2 Å². The van der Waals surface area contributed by atoms with E-state index in [1.165, 1.54) is 0 Å². The van der Waals surface area contributed by atoms with Crippen LogP contribution in [-0.4, -0.2) is 59.2 Å². The molecule has 2 aromatic heterocycles. The van der Waals surface area contributed by atoms with E-state index in [0.717, 1.165) is 68.1 Å². The summed E-state index contributed by atoms with van der Waals surface area (Å²) in [5.74, 6) is 1.36. The van der Waals surface area contributed by atoms with Crippen LogP contribution in [0.25, 0.3) is 0 Å². The number of aryl methyl sites for hydroxylation is 2. The maximum absolute atomic E-state index is 12.6. The molecule has 4 rings (SSSR count). The number of aromatic nitrogens is 3. The van der Waals surface area contributed by atoms with Crippen molar-refractivity contribution in [2.24, 2.45) is 0 Å². The Morgan fingerprint density at radius 3 is 2.80 bits per heavy atom. The molecular weight excluding hydrogens is 316 g/mol. The number of piperazine rings is 1. The number of pyridine rings is 1. The minimum absolute atomic E-state index is 0.180. The van der Waals surface area contributed by atoms with Crippen LogP contribution in [0.15, 0.2) is 12.1 Å². The molecule has 1 amide bonds. The number of fused-ring (bicyclic) bond motifs is 1. The third kappa shape index (κ3) is 3.11. The Hall–Kier alpha value is -2.41. The number of hydrogen-bond acceptors (Lipinski definition) is 5. The molecule has 0 bridgehead atoms. The lowest BCUT2D eigenvalue weighted by atomic mass is 10.2. The molecular formula is C18H24N6O. The number of rotatable bonds is 3. The van der Waals surface area contributed by atoms with Gasteiger partial charge in [0, 0.05) is 37.4 Å². The first kappa shape index (κ1) is 16.1. The van der Waals surface area contributed by atoms with Crippen LogP contribution >= 0.6 is 0 Å². The van der Waals surface area contributed by atoms with Crippen molar-refractivity contribution in [2.75, 3.05) is 43.4 Å². The standard InChI is InChI=1S/C18H24N6O/c1-12-6-7-15(19-17(12)24-10-8-23(2)9-11-24)20-18(25)16-13-4-3-5-14(13)21-22-16/h6-7H,3-5,8-11H2,1-2H3,(H,21,22)(H,19,20,25). The van der Waals surface area contributed by atoms with Crippen LogP contribution in [0.1, 0.15) is 33.7 Å². The number of aromatic amines is 1. The Labute approximate surface area is 147 Å². The van der Waals surface area contributed by atoms with Crippen molar-refractivity contribution in [3.8, 4) is 0 Å². The van der Waals surface area contributed by atoms with Crippen LogP contribution in [0.2, 0.25) is 0 Å². The van der Waals surface area contributed by atoms with Gasteiger partial charge in [0.05, 0.1) is 0 Å². The van der Waals surface area contributed by atoms with Crippen LogP contribution in [0, 0.1) is 6.92 Å². The number of anilines is 2. The van der Waals surface area contributed by atoms with E-state index >= 15 is 0 Å². The second-order valence-electron chi connectivity index (χ2n) is 6.96. The van der Waals surface area contributed by atoms with Crippen LogP contribution < -0.4 is 10.2 Å². The summed E-state index contributed by atoms with van der Waals surface area (Å²) >= 11 is 0. The van der Waals surface area contributed by atoms with Gasteiger partial charge in [-0.3, -0.25) is 9.89 Å². The number of carbonyl (C=O) groups excluding carboxylic acids is 1. The second kappa shape index (κ2) is 6.48. The SMILES string of the molecule is Cc1ccc(NC(=O)c2n[nH]c3c2CCC3)nc1N1CCN(C)CC1. The van der Waals surface area contributed by atoms with E-state index in [1.807, 2.05) is 12.1 Å². The van der Waals surface area contributed by atoms with E-state index in [1.54, 1.807) is 0 Å². The third-order valence-corrected chi connectivity index (χ3v) is 5.14. The minimum atomic E-state index is -0.180. The second-order valence-corrected chi connectivity index (χ2v) is 6.96. The lowest BCUT2D eigenvalue weighted by Crippen LogP contribution is -2.45. The number of nitrogens with zero attached hydrogens (tertiary/aromatic N) is 4. The largest absolute Gasteiger partial charge is 0.354 e. The highest BCUT2D eigenvalue weighted by Gasteiger charge is 2.24. The van der Waals surface area contributed by atoms with Crippen molar-refractivity contribution < 1.29 is 4.79 Å². The van der Waals surface area contributed by atoms with Gasteiger partial charge < -0.3 is 15.1 Å². The fourth-order valence-corrected chi connectivity index (χ4v) is 3.61. The monoisotopic (exact) mass is 340 g/mol. The Morgan fingerprint density at radius 1 is 1.20 bits per heavy atom. The average Bonchev–Trinajstić information content (AvgIpc) is 3.21. The fourth-order valence-electron chi connectivity index (χ4n) is 3.61. The molecule has 0 spiro atoms. The number of carbonyl (C=O) groups is 1. The van der Waals surface area contributed by atoms with Crippen LogP contribution in [-0.2, 0) is 12.8 Å². The first-order valence-electron chi connectivity index (χ1n) is 8.90. The normalized spacial score (nSPS) is 17.6. The van der Waals surface area contributed by atoms with E-state index in [-0.39, 0.29) is 5.91 Å². The van der Waals surface area contributed by atoms with Gasteiger partial charge in [-0.2, -0.15) is 5.10 Å². The molecule has 132 valence electrons. The predicted octanol–water partition coefficient (Wildman–Crippen LogP) is 1.61. The van der Waals surface area contributed by atoms with Crippen LogP contribution in [0.4, 0.5) is 11.6 Å². The molecule has 1 aliphatic carbocycles. The molecule has 0 saturated carbocycles. The molecule has 1 aliphatic heterocycles. The number of amides is 1. The van der Waals surface area contributed by atoms with E-state index in [4.69, 9.17) is 4.98 Å². The zero-order chi connectivity index (χ0) is 17.4. The van der Waals surface area contributed by atoms with Gasteiger partial charge in [0.2, 0.25) is 0 Å². The van der Waals surface area contributed by atoms with Crippen molar-refractivity contribution in [3.63, 3.8) is 0 Å². The van der Waals surface area contributed by atoms with Gasteiger partial charge in [0.1, 0.15) is 11.6 Å². The van der Waals surface area contributed by atoms with Gasteiger partial charge in [-0.25, -0.2) is 4.98 Å². The predicted molar refractivity (Wildman–Crippen MR) is 97.2 cm³/mol. The van der Waals surface area contributed by atoms with Crippen molar-refractivity contribution in [1.82, 2.24) is 20.1 Å². The molecule has 7 heteroatoms. The Kier molecular flexibility index (Phi) is 4.17. The Bertz CT molecular complexity index is 791. The van der Waals surface area contributed by atoms with Gasteiger partial charge in [0.15, 0.2) is 5.69 Å².